The van der Waals surface area contributed by atoms with Crippen LogP contribution in [0.25, 0.3) is 0 Å². The van der Waals surface area contributed by atoms with Gasteiger partial charge in [0.1, 0.15) is 6.17 Å². The van der Waals surface area contributed by atoms with E-state index in [4.69, 9.17) is 4.74 Å². The zero-order valence-corrected chi connectivity index (χ0v) is 14.2. The molecule has 1 N–H and O–H groups in total. The van der Waals surface area contributed by atoms with E-state index in [9.17, 15) is 4.79 Å². The highest BCUT2D eigenvalue weighted by atomic mass is 32.1. The third-order valence-electron chi connectivity index (χ3n) is 5.09. The quantitative estimate of drug-likeness (QED) is 0.933. The predicted octanol–water partition coefficient (Wildman–Crippen LogP) is 2.69. The number of carbonyl (C=O) groups is 1. The van der Waals surface area contributed by atoms with Crippen LogP contribution in [0.1, 0.15) is 43.1 Å². The Morgan fingerprint density at radius 1 is 1.43 bits per heavy atom. The third kappa shape index (κ3) is 2.22. The van der Waals surface area contributed by atoms with Crippen molar-refractivity contribution >= 4 is 17.2 Å². The van der Waals surface area contributed by atoms with Gasteiger partial charge in [-0.25, -0.2) is 0 Å². The van der Waals surface area contributed by atoms with Gasteiger partial charge in [-0.15, -0.1) is 11.3 Å². The minimum Gasteiger partial charge on any atom is -0.381 e. The second-order valence-electron chi connectivity index (χ2n) is 6.78. The molecule has 0 bridgehead atoms. The van der Waals surface area contributed by atoms with Gasteiger partial charge in [-0.05, 0) is 32.4 Å². The van der Waals surface area contributed by atoms with Crippen molar-refractivity contribution in [1.29, 1.82) is 0 Å². The maximum absolute atomic E-state index is 12.6. The van der Waals surface area contributed by atoms with Gasteiger partial charge < -0.3 is 9.64 Å². The topological polar surface area (TPSA) is 41.6 Å². The average molecular weight is 308 g/mol. The lowest BCUT2D eigenvalue weighted by Gasteiger charge is -2.55. The maximum atomic E-state index is 12.6. The molecule has 4 nitrogen and oxygen atoms in total. The van der Waals surface area contributed by atoms with Gasteiger partial charge in [0.25, 0.3) is 0 Å². The van der Waals surface area contributed by atoms with Crippen LogP contribution in [0.15, 0.2) is 12.1 Å². The van der Waals surface area contributed by atoms with Gasteiger partial charge in [0.2, 0.25) is 5.91 Å². The van der Waals surface area contributed by atoms with E-state index in [0.29, 0.717) is 0 Å². The Balaban J connectivity index is 1.89. The lowest BCUT2D eigenvalue weighted by atomic mass is 9.63. The fraction of sp³-hybridized carbons (Fsp3) is 0.688. The number of aryl methyl sites for hydroxylation is 1. The van der Waals surface area contributed by atoms with Crippen LogP contribution in [-0.2, 0) is 9.53 Å². The Bertz CT molecular complexity index is 554. The van der Waals surface area contributed by atoms with Crippen molar-refractivity contribution in [2.24, 2.45) is 5.41 Å². The summed E-state index contributed by atoms with van der Waals surface area (Å²) >= 11 is 1.76. The normalized spacial score (nSPS) is 35.1. The van der Waals surface area contributed by atoms with E-state index >= 15 is 0 Å². The second-order valence-corrected chi connectivity index (χ2v) is 8.10. The van der Waals surface area contributed by atoms with E-state index in [1.165, 1.54) is 9.75 Å². The number of ether oxygens (including phenoxy) is 1. The van der Waals surface area contributed by atoms with E-state index in [-0.39, 0.29) is 35.7 Å². The van der Waals surface area contributed by atoms with Crippen molar-refractivity contribution in [3.05, 3.63) is 21.9 Å². The fourth-order valence-corrected chi connectivity index (χ4v) is 4.57. The summed E-state index contributed by atoms with van der Waals surface area (Å²) in [5.74, 6) is 0.207. The highest BCUT2D eigenvalue weighted by molar-refractivity contribution is 7.12. The standard InChI is InChI=1S/C16H24N2O2S/c1-9-6-7-11(21-9)14-17-10(2)15(19)18(14)12-8-13(20-5)16(12,3)4/h6-7,10,12-14,17H,8H2,1-5H3. The Labute approximate surface area is 130 Å². The first-order valence-corrected chi connectivity index (χ1v) is 8.35. The second kappa shape index (κ2) is 5.07. The van der Waals surface area contributed by atoms with Gasteiger partial charge >= 0.3 is 0 Å². The van der Waals surface area contributed by atoms with Crippen LogP contribution in [0.2, 0.25) is 0 Å². The van der Waals surface area contributed by atoms with Gasteiger partial charge in [0.15, 0.2) is 0 Å². The number of hydrogen-bond acceptors (Lipinski definition) is 4. The van der Waals surface area contributed by atoms with Crippen LogP contribution in [0.3, 0.4) is 0 Å². The van der Waals surface area contributed by atoms with Gasteiger partial charge in [-0.3, -0.25) is 10.1 Å². The van der Waals surface area contributed by atoms with Crippen LogP contribution >= 0.6 is 11.3 Å². The minimum absolute atomic E-state index is 0.000699. The number of carbonyl (C=O) groups excluding carboxylic acids is 1. The van der Waals surface area contributed by atoms with Gasteiger partial charge in [-0.1, -0.05) is 13.8 Å². The number of thiophene rings is 1. The molecule has 4 atom stereocenters. The van der Waals surface area contributed by atoms with Crippen molar-refractivity contribution < 1.29 is 9.53 Å². The first kappa shape index (κ1) is 15.0. The predicted molar refractivity (Wildman–Crippen MR) is 84.2 cm³/mol. The van der Waals surface area contributed by atoms with Crippen molar-refractivity contribution in [2.45, 2.75) is 58.5 Å². The molecule has 1 saturated carbocycles. The Morgan fingerprint density at radius 3 is 2.67 bits per heavy atom. The average Bonchev–Trinajstić information content (AvgIpc) is 2.96. The number of methoxy groups -OCH3 is 1. The number of nitrogens with zero attached hydrogens (tertiary/aromatic N) is 1. The highest BCUT2D eigenvalue weighted by Gasteiger charge is 2.56. The summed E-state index contributed by atoms with van der Waals surface area (Å²) in [7, 11) is 1.76. The van der Waals surface area contributed by atoms with Crippen LogP contribution < -0.4 is 5.32 Å². The summed E-state index contributed by atoms with van der Waals surface area (Å²) in [6, 6.07) is 4.38. The maximum Gasteiger partial charge on any atom is 0.241 e. The third-order valence-corrected chi connectivity index (χ3v) is 6.14. The van der Waals surface area contributed by atoms with E-state index < -0.39 is 0 Å². The monoisotopic (exact) mass is 308 g/mol. The zero-order chi connectivity index (χ0) is 15.4. The Hall–Kier alpha value is -0.910. The molecule has 2 fully saturated rings. The smallest absolute Gasteiger partial charge is 0.241 e. The van der Waals surface area contributed by atoms with E-state index in [1.807, 2.05) is 6.92 Å². The van der Waals surface area contributed by atoms with Gasteiger partial charge in [-0.2, -0.15) is 0 Å². The van der Waals surface area contributed by atoms with Gasteiger partial charge in [0, 0.05) is 28.3 Å². The molecule has 1 saturated heterocycles. The molecule has 2 heterocycles. The fourth-order valence-electron chi connectivity index (χ4n) is 3.63. The van der Waals surface area contributed by atoms with E-state index in [2.05, 4.69) is 43.1 Å². The number of amides is 1. The molecule has 1 aliphatic carbocycles. The van der Waals surface area contributed by atoms with E-state index in [1.54, 1.807) is 18.4 Å². The molecule has 1 aromatic rings. The lowest BCUT2D eigenvalue weighted by Crippen LogP contribution is -2.62. The van der Waals surface area contributed by atoms with E-state index in [0.717, 1.165) is 6.42 Å². The first-order chi connectivity index (χ1) is 9.86. The molecule has 5 heteroatoms. The molecule has 1 amide bonds. The summed E-state index contributed by atoms with van der Waals surface area (Å²) in [6.45, 7) is 8.45. The molecule has 0 aromatic carbocycles. The molecule has 0 radical (unpaired) electrons. The molecule has 0 spiro atoms. The molecule has 3 rings (SSSR count). The van der Waals surface area contributed by atoms with Crippen molar-refractivity contribution in [1.82, 2.24) is 10.2 Å². The largest absolute Gasteiger partial charge is 0.381 e. The van der Waals surface area contributed by atoms with Gasteiger partial charge in [0.05, 0.1) is 12.1 Å². The SMILES string of the molecule is COC1CC(N2C(=O)C(C)NC2c2ccc(C)s2)C1(C)C. The van der Waals surface area contributed by atoms with Crippen molar-refractivity contribution in [2.75, 3.05) is 7.11 Å². The Kier molecular flexibility index (Phi) is 3.62. The highest BCUT2D eigenvalue weighted by Crippen LogP contribution is 2.49. The molecule has 2 aliphatic rings. The molecular formula is C16H24N2O2S. The Morgan fingerprint density at radius 2 is 2.14 bits per heavy atom. The molecular weight excluding hydrogens is 284 g/mol. The molecule has 116 valence electrons. The summed E-state index contributed by atoms with van der Waals surface area (Å²) in [4.78, 5) is 17.2. The van der Waals surface area contributed by atoms with Crippen LogP contribution in [0.5, 0.6) is 0 Å². The molecule has 4 unspecified atom stereocenters. The molecule has 21 heavy (non-hydrogen) atoms. The lowest BCUT2D eigenvalue weighted by molar-refractivity contribution is -0.162. The van der Waals surface area contributed by atoms with Crippen LogP contribution in [-0.4, -0.2) is 36.1 Å². The van der Waals surface area contributed by atoms with Crippen molar-refractivity contribution in [3.63, 3.8) is 0 Å². The van der Waals surface area contributed by atoms with Crippen LogP contribution in [0.4, 0.5) is 0 Å². The summed E-state index contributed by atoms with van der Waals surface area (Å²) in [5, 5.41) is 3.45. The molecule has 1 aliphatic heterocycles. The number of nitrogens with one attached hydrogen (secondary N) is 1. The first-order valence-electron chi connectivity index (χ1n) is 7.53. The number of hydrogen-bond donors (Lipinski definition) is 1. The molecule has 1 aromatic heterocycles. The number of rotatable bonds is 3. The summed E-state index contributed by atoms with van der Waals surface area (Å²) in [5.41, 5.74) is 0.000699. The van der Waals surface area contributed by atoms with Crippen molar-refractivity contribution in [3.8, 4) is 0 Å². The van der Waals surface area contributed by atoms with Crippen LogP contribution in [0, 0.1) is 12.3 Å². The zero-order valence-electron chi connectivity index (χ0n) is 13.3. The minimum atomic E-state index is -0.116. The summed E-state index contributed by atoms with van der Waals surface area (Å²) in [6.07, 6.45) is 1.16. The summed E-state index contributed by atoms with van der Waals surface area (Å²) < 4.78 is 5.54.